The lowest BCUT2D eigenvalue weighted by molar-refractivity contribution is 0.102. The van der Waals surface area contributed by atoms with Gasteiger partial charge >= 0.3 is 0 Å². The first kappa shape index (κ1) is 27.9. The van der Waals surface area contributed by atoms with Gasteiger partial charge in [-0.15, -0.1) is 0 Å². The molecule has 7 rings (SSSR count). The van der Waals surface area contributed by atoms with E-state index in [1.807, 2.05) is 24.3 Å². The van der Waals surface area contributed by atoms with Gasteiger partial charge in [0.25, 0.3) is 0 Å². The predicted octanol–water partition coefficient (Wildman–Crippen LogP) is 7.33. The van der Waals surface area contributed by atoms with E-state index in [0.717, 1.165) is 59.7 Å². The largest absolute Gasteiger partial charge is 0.493 e. The second-order valence-electron chi connectivity index (χ2n) is 11.1. The Labute approximate surface area is 258 Å². The van der Waals surface area contributed by atoms with E-state index in [9.17, 15) is 0 Å². The molecule has 6 nitrogen and oxygen atoms in total. The summed E-state index contributed by atoms with van der Waals surface area (Å²) in [5.74, 6) is 2.51. The van der Waals surface area contributed by atoms with E-state index in [4.69, 9.17) is 24.2 Å². The number of fused-ring (bicyclic) bond motifs is 4. The average Bonchev–Trinajstić information content (AvgIpc) is 3.57. The molecule has 220 valence electrons. The first-order chi connectivity index (χ1) is 21.7. The maximum Gasteiger partial charge on any atom is 0.166 e. The molecule has 0 spiro atoms. The molecule has 4 aromatic carbocycles. The normalized spacial score (nSPS) is 13.7. The van der Waals surface area contributed by atoms with Crippen LogP contribution in [0.5, 0.6) is 11.5 Å². The van der Waals surface area contributed by atoms with Gasteiger partial charge < -0.3 is 19.1 Å². The maximum absolute atomic E-state index is 6.12. The van der Waals surface area contributed by atoms with Crippen LogP contribution in [0.1, 0.15) is 39.1 Å². The minimum atomic E-state index is 0.399. The number of hydrogen-bond acceptors (Lipinski definition) is 6. The van der Waals surface area contributed by atoms with Crippen molar-refractivity contribution in [3.05, 3.63) is 136 Å². The minimum Gasteiger partial charge on any atom is -0.493 e. The van der Waals surface area contributed by atoms with Crippen LogP contribution in [-0.2, 0) is 30.8 Å². The van der Waals surface area contributed by atoms with Crippen LogP contribution >= 0.6 is 0 Å². The number of ether oxygens (including phenoxy) is 3. The lowest BCUT2D eigenvalue weighted by Gasteiger charge is -2.29. The molecular formula is C38H35N3O3. The van der Waals surface area contributed by atoms with Crippen LogP contribution in [0.2, 0.25) is 0 Å². The van der Waals surface area contributed by atoms with Crippen molar-refractivity contribution in [3.63, 3.8) is 0 Å². The molecule has 0 aliphatic carbocycles. The summed E-state index contributed by atoms with van der Waals surface area (Å²) in [7, 11) is 3.35. The van der Waals surface area contributed by atoms with E-state index in [-0.39, 0.29) is 0 Å². The van der Waals surface area contributed by atoms with E-state index in [2.05, 4.69) is 83.8 Å². The lowest BCUT2D eigenvalue weighted by Crippen LogP contribution is -2.30. The molecule has 0 unspecified atom stereocenters. The van der Waals surface area contributed by atoms with Crippen molar-refractivity contribution in [2.45, 2.75) is 26.1 Å². The molecule has 3 heterocycles. The summed E-state index contributed by atoms with van der Waals surface area (Å²) in [6.45, 7) is 2.56. The molecule has 2 aliphatic heterocycles. The molecule has 44 heavy (non-hydrogen) atoms. The Morgan fingerprint density at radius 2 is 1.59 bits per heavy atom. The van der Waals surface area contributed by atoms with Gasteiger partial charge in [0, 0.05) is 23.1 Å². The highest BCUT2D eigenvalue weighted by molar-refractivity contribution is 6.12. The number of methoxy groups -OCH3 is 2. The molecular weight excluding hydrogens is 546 g/mol. The third-order valence-corrected chi connectivity index (χ3v) is 8.36. The Bertz CT molecular complexity index is 1880. The fourth-order valence-electron chi connectivity index (χ4n) is 6.15. The van der Waals surface area contributed by atoms with Crippen molar-refractivity contribution >= 4 is 28.5 Å². The van der Waals surface area contributed by atoms with Gasteiger partial charge in [-0.05, 0) is 65.4 Å². The number of aryl methyl sites for hydroxylation is 2. The molecule has 0 bridgehead atoms. The van der Waals surface area contributed by atoms with E-state index in [1.165, 1.54) is 33.5 Å². The van der Waals surface area contributed by atoms with Gasteiger partial charge in [-0.3, -0.25) is 9.98 Å². The number of amidine groups is 1. The van der Waals surface area contributed by atoms with Gasteiger partial charge in [-0.25, -0.2) is 0 Å². The van der Waals surface area contributed by atoms with Crippen LogP contribution in [0, 0.1) is 0 Å². The quantitative estimate of drug-likeness (QED) is 0.173. The van der Waals surface area contributed by atoms with Crippen molar-refractivity contribution in [2.24, 2.45) is 4.99 Å². The van der Waals surface area contributed by atoms with Gasteiger partial charge in [0.1, 0.15) is 5.84 Å². The summed E-state index contributed by atoms with van der Waals surface area (Å²) >= 11 is 0. The minimum absolute atomic E-state index is 0.399. The number of para-hydroxylation sites is 1. The first-order valence-corrected chi connectivity index (χ1v) is 15.1. The van der Waals surface area contributed by atoms with E-state index in [1.54, 1.807) is 14.2 Å². The summed E-state index contributed by atoms with van der Waals surface area (Å²) in [5.41, 5.74) is 10.2. The molecule has 0 N–H and O–H groups in total. The topological polar surface area (TPSA) is 56.2 Å². The standard InChI is InChI=1S/C38H35N3O3/c1-42-36-22-27(21-31(37(36)43-2)24-44-25-32-18-17-28-7-4-6-10-34(28)40-32)12-11-26-13-15-29(16-14-26)35-23-30-8-3-5-9-33(30)38-39-19-20-41(35)38/h3-10,13-18,21-23H,11-12,19-20,24-25H2,1-2H3. The Kier molecular flexibility index (Phi) is 7.82. The molecule has 0 saturated carbocycles. The fourth-order valence-corrected chi connectivity index (χ4v) is 6.15. The highest BCUT2D eigenvalue weighted by atomic mass is 16.5. The summed E-state index contributed by atoms with van der Waals surface area (Å²) in [6, 6.07) is 33.9. The molecule has 0 saturated heterocycles. The van der Waals surface area contributed by atoms with Gasteiger partial charge in [0.15, 0.2) is 11.5 Å². The van der Waals surface area contributed by atoms with Crippen LogP contribution in [0.4, 0.5) is 0 Å². The fraction of sp³-hybridized carbons (Fsp3) is 0.211. The maximum atomic E-state index is 6.12. The van der Waals surface area contributed by atoms with Crippen molar-refractivity contribution in [2.75, 3.05) is 27.3 Å². The zero-order valence-electron chi connectivity index (χ0n) is 25.1. The number of hydrogen-bond donors (Lipinski definition) is 0. The highest BCUT2D eigenvalue weighted by Crippen LogP contribution is 2.35. The van der Waals surface area contributed by atoms with Crippen LogP contribution in [0.15, 0.2) is 102 Å². The number of benzene rings is 4. The zero-order chi connectivity index (χ0) is 29.9. The van der Waals surface area contributed by atoms with Crippen molar-refractivity contribution in [1.29, 1.82) is 0 Å². The molecule has 0 atom stereocenters. The van der Waals surface area contributed by atoms with Crippen molar-refractivity contribution in [3.8, 4) is 11.5 Å². The molecule has 1 aromatic heterocycles. The van der Waals surface area contributed by atoms with Crippen LogP contribution < -0.4 is 9.47 Å². The zero-order valence-corrected chi connectivity index (χ0v) is 25.1. The van der Waals surface area contributed by atoms with Crippen LogP contribution in [0.25, 0.3) is 22.7 Å². The number of aliphatic imine (C=N–C) groups is 1. The first-order valence-electron chi connectivity index (χ1n) is 15.1. The second kappa shape index (κ2) is 12.3. The molecule has 2 aliphatic rings. The molecule has 0 fully saturated rings. The molecule has 0 radical (unpaired) electrons. The van der Waals surface area contributed by atoms with Crippen LogP contribution in [-0.4, -0.2) is 43.0 Å². The monoisotopic (exact) mass is 581 g/mol. The summed E-state index contributed by atoms with van der Waals surface area (Å²) in [5, 5.41) is 1.12. The van der Waals surface area contributed by atoms with E-state index in [0.29, 0.717) is 19.0 Å². The highest BCUT2D eigenvalue weighted by Gasteiger charge is 2.28. The number of rotatable bonds is 10. The van der Waals surface area contributed by atoms with E-state index < -0.39 is 0 Å². The van der Waals surface area contributed by atoms with Crippen molar-refractivity contribution < 1.29 is 14.2 Å². The van der Waals surface area contributed by atoms with Gasteiger partial charge in [0.2, 0.25) is 0 Å². The lowest BCUT2D eigenvalue weighted by atomic mass is 9.96. The summed E-state index contributed by atoms with van der Waals surface area (Å²) < 4.78 is 17.6. The molecule has 6 heteroatoms. The van der Waals surface area contributed by atoms with Gasteiger partial charge in [0.05, 0.1) is 50.9 Å². The Morgan fingerprint density at radius 1 is 0.773 bits per heavy atom. The third-order valence-electron chi connectivity index (χ3n) is 8.36. The van der Waals surface area contributed by atoms with E-state index >= 15 is 0 Å². The smallest absolute Gasteiger partial charge is 0.166 e. The van der Waals surface area contributed by atoms with Gasteiger partial charge in [-0.2, -0.15) is 0 Å². The van der Waals surface area contributed by atoms with Gasteiger partial charge in [-0.1, -0.05) is 72.8 Å². The Balaban J connectivity index is 1.04. The number of pyridine rings is 1. The SMILES string of the molecule is COc1cc(CCc2ccc(C3=Cc4ccccc4C4=NCCN34)cc2)cc(COCc2ccc3ccccc3n2)c1OC. The summed E-state index contributed by atoms with van der Waals surface area (Å²) in [6.07, 6.45) is 4.07. The number of aromatic nitrogens is 1. The van der Waals surface area contributed by atoms with Crippen LogP contribution in [0.3, 0.4) is 0 Å². The second-order valence-corrected chi connectivity index (χ2v) is 11.1. The molecule has 0 amide bonds. The predicted molar refractivity (Wildman–Crippen MR) is 176 cm³/mol. The third kappa shape index (κ3) is 5.56. The molecule has 5 aromatic rings. The summed E-state index contributed by atoms with van der Waals surface area (Å²) in [4.78, 5) is 11.9. The Morgan fingerprint density at radius 3 is 2.45 bits per heavy atom. The Hall–Kier alpha value is -4.94. The number of nitrogens with zero attached hydrogens (tertiary/aromatic N) is 3. The average molecular weight is 582 g/mol. The van der Waals surface area contributed by atoms with Crippen molar-refractivity contribution in [1.82, 2.24) is 9.88 Å².